The van der Waals surface area contributed by atoms with Crippen molar-refractivity contribution in [2.45, 2.75) is 13.3 Å². The Morgan fingerprint density at radius 1 is 0.492 bits per heavy atom. The second-order valence-corrected chi connectivity index (χ2v) is 17.8. The Balaban J connectivity index is 0.944. The molecule has 0 spiro atoms. The topological polar surface area (TPSA) is 16.4 Å². The average Bonchev–Trinajstić information content (AvgIpc) is 3.95. The molecule has 0 amide bonds. The van der Waals surface area contributed by atoms with Gasteiger partial charge in [-0.1, -0.05) is 170 Å². The first kappa shape index (κ1) is 38.7. The SMILES string of the molecule is C/C=C(\C=C/Cc1cccc2c1sc1ccccc12)N(c1ccc(-c2cccc(-c3ccc4ccccc4c3)c2)cc1)c1ccccc1-c1ccc2oc3c4ccccc4ccc3c2c1. The van der Waals surface area contributed by atoms with Crippen molar-refractivity contribution in [1.82, 2.24) is 0 Å². The van der Waals surface area contributed by atoms with Crippen molar-refractivity contribution in [3.05, 3.63) is 242 Å². The summed E-state index contributed by atoms with van der Waals surface area (Å²) in [4.78, 5) is 2.41. The maximum absolute atomic E-state index is 6.55. The van der Waals surface area contributed by atoms with E-state index in [9.17, 15) is 0 Å². The van der Waals surface area contributed by atoms with Gasteiger partial charge in [-0.15, -0.1) is 11.3 Å². The van der Waals surface area contributed by atoms with Gasteiger partial charge in [-0.05, 0) is 124 Å². The summed E-state index contributed by atoms with van der Waals surface area (Å²) in [7, 11) is 0. The summed E-state index contributed by atoms with van der Waals surface area (Å²) in [6, 6.07) is 77.0. The van der Waals surface area contributed by atoms with Gasteiger partial charge in [0.2, 0.25) is 0 Å². The number of allylic oxidation sites excluding steroid dienone is 3. The number of fused-ring (bicyclic) bond motifs is 9. The second-order valence-electron chi connectivity index (χ2n) is 16.7. The van der Waals surface area contributed by atoms with Gasteiger partial charge in [0.25, 0.3) is 0 Å². The fourth-order valence-electron chi connectivity index (χ4n) is 9.63. The van der Waals surface area contributed by atoms with Crippen LogP contribution >= 0.6 is 11.3 Å². The van der Waals surface area contributed by atoms with Gasteiger partial charge in [0, 0.05) is 53.3 Å². The highest BCUT2D eigenvalue weighted by Crippen LogP contribution is 2.43. The minimum absolute atomic E-state index is 0.822. The number of anilines is 2. The maximum Gasteiger partial charge on any atom is 0.143 e. The number of rotatable bonds is 9. The third-order valence-corrected chi connectivity index (χ3v) is 14.1. The zero-order valence-electron chi connectivity index (χ0n) is 35.9. The van der Waals surface area contributed by atoms with Crippen LogP contribution in [0, 0.1) is 0 Å². The molecule has 65 heavy (non-hydrogen) atoms. The smallest absolute Gasteiger partial charge is 0.143 e. The van der Waals surface area contributed by atoms with Gasteiger partial charge < -0.3 is 9.32 Å². The fourth-order valence-corrected chi connectivity index (χ4v) is 10.9. The number of para-hydroxylation sites is 1. The van der Waals surface area contributed by atoms with E-state index in [1.165, 1.54) is 64.1 Å². The van der Waals surface area contributed by atoms with Crippen LogP contribution in [0.5, 0.6) is 0 Å². The predicted molar refractivity (Wildman–Crippen MR) is 280 cm³/mol. The first-order valence-electron chi connectivity index (χ1n) is 22.3. The molecule has 0 radical (unpaired) electrons. The lowest BCUT2D eigenvalue weighted by Crippen LogP contribution is -2.16. The maximum atomic E-state index is 6.55. The Morgan fingerprint density at radius 2 is 1.17 bits per heavy atom. The number of hydrogen-bond acceptors (Lipinski definition) is 3. The number of hydrogen-bond donors (Lipinski definition) is 0. The van der Waals surface area contributed by atoms with Crippen LogP contribution in [-0.2, 0) is 6.42 Å². The van der Waals surface area contributed by atoms with Crippen LogP contribution in [0.15, 0.2) is 241 Å². The van der Waals surface area contributed by atoms with Crippen molar-refractivity contribution in [1.29, 1.82) is 0 Å². The van der Waals surface area contributed by atoms with Gasteiger partial charge in [-0.3, -0.25) is 0 Å². The van der Waals surface area contributed by atoms with E-state index in [-0.39, 0.29) is 0 Å². The summed E-state index contributed by atoms with van der Waals surface area (Å²) in [5.41, 5.74) is 13.5. The molecule has 2 aromatic heterocycles. The lowest BCUT2D eigenvalue weighted by atomic mass is 9.97. The molecule has 3 heteroatoms. The molecule has 12 aromatic rings. The monoisotopic (exact) mass is 849 g/mol. The van der Waals surface area contributed by atoms with Gasteiger partial charge in [0.1, 0.15) is 11.2 Å². The van der Waals surface area contributed by atoms with Crippen LogP contribution in [0.2, 0.25) is 0 Å². The molecule has 0 fully saturated rings. The van der Waals surface area contributed by atoms with Crippen molar-refractivity contribution in [3.63, 3.8) is 0 Å². The fraction of sp³-hybridized carbons (Fsp3) is 0.0323. The standard InChI is InChI=1S/C62H43NOS/c1-2-50(21-12-17-44-18-13-25-56-54-24-8-10-27-60(54)65-62(44)56)63(51-34-30-42(31-35-51)46-19-11-20-47(38-46)48-29-28-41-14-3-4-16-45(41)39-48)58-26-9-7-22-52(58)49-33-37-59-57(40-49)55-36-32-43-15-5-6-23-53(43)61(55)64-59/h2-16,18-40H,17H2,1H3/b21-12-,50-2+. The molecule has 308 valence electrons. The Labute approximate surface area is 382 Å². The van der Waals surface area contributed by atoms with E-state index in [1.54, 1.807) is 0 Å². The van der Waals surface area contributed by atoms with Crippen molar-refractivity contribution < 1.29 is 4.42 Å². The van der Waals surface area contributed by atoms with E-state index in [4.69, 9.17) is 4.42 Å². The van der Waals surface area contributed by atoms with Gasteiger partial charge in [-0.25, -0.2) is 0 Å². The summed E-state index contributed by atoms with van der Waals surface area (Å²) in [5.74, 6) is 0. The molecule has 0 bridgehead atoms. The molecule has 10 aromatic carbocycles. The van der Waals surface area contributed by atoms with E-state index < -0.39 is 0 Å². The molecule has 0 aliphatic rings. The highest BCUT2D eigenvalue weighted by molar-refractivity contribution is 7.26. The first-order chi connectivity index (χ1) is 32.2. The molecule has 0 N–H and O–H groups in total. The van der Waals surface area contributed by atoms with Crippen molar-refractivity contribution in [2.75, 3.05) is 4.90 Å². The van der Waals surface area contributed by atoms with E-state index in [1.807, 2.05) is 11.3 Å². The minimum Gasteiger partial charge on any atom is -0.455 e. The molecular weight excluding hydrogens is 807 g/mol. The molecule has 0 aliphatic carbocycles. The number of nitrogens with zero attached hydrogens (tertiary/aromatic N) is 1. The summed E-state index contributed by atoms with van der Waals surface area (Å²) >= 11 is 1.89. The van der Waals surface area contributed by atoms with E-state index >= 15 is 0 Å². The number of furan rings is 1. The molecule has 0 saturated carbocycles. The average molecular weight is 850 g/mol. The lowest BCUT2D eigenvalue weighted by molar-refractivity contribution is 0.672. The Bertz CT molecular complexity index is 3830. The van der Waals surface area contributed by atoms with Gasteiger partial charge in [0.15, 0.2) is 0 Å². The van der Waals surface area contributed by atoms with Crippen LogP contribution in [0.1, 0.15) is 12.5 Å². The van der Waals surface area contributed by atoms with Gasteiger partial charge in [0.05, 0.1) is 5.69 Å². The highest BCUT2D eigenvalue weighted by atomic mass is 32.1. The molecule has 2 heterocycles. The normalized spacial score (nSPS) is 12.2. The summed E-state index contributed by atoms with van der Waals surface area (Å²) < 4.78 is 9.24. The van der Waals surface area contributed by atoms with Crippen LogP contribution in [-0.4, -0.2) is 0 Å². The minimum atomic E-state index is 0.822. The van der Waals surface area contributed by atoms with Crippen LogP contribution in [0.3, 0.4) is 0 Å². The molecule has 2 nitrogen and oxygen atoms in total. The first-order valence-corrected chi connectivity index (χ1v) is 23.1. The largest absolute Gasteiger partial charge is 0.455 e. The summed E-state index contributed by atoms with van der Waals surface area (Å²) in [6.07, 6.45) is 7.67. The van der Waals surface area contributed by atoms with Crippen molar-refractivity contribution in [2.24, 2.45) is 0 Å². The zero-order chi connectivity index (χ0) is 43.3. The van der Waals surface area contributed by atoms with E-state index in [0.717, 1.165) is 61.9 Å². The van der Waals surface area contributed by atoms with Crippen LogP contribution in [0.4, 0.5) is 11.4 Å². The quantitative estimate of drug-likeness (QED) is 0.135. The molecule has 0 aliphatic heterocycles. The Hall–Kier alpha value is -7.98. The molecule has 0 unspecified atom stereocenters. The number of thiophene rings is 1. The Kier molecular flexibility index (Phi) is 9.69. The van der Waals surface area contributed by atoms with Gasteiger partial charge >= 0.3 is 0 Å². The molecular formula is C62H43NOS. The molecule has 0 saturated heterocycles. The highest BCUT2D eigenvalue weighted by Gasteiger charge is 2.20. The lowest BCUT2D eigenvalue weighted by Gasteiger charge is -2.29. The Morgan fingerprint density at radius 3 is 2.05 bits per heavy atom. The van der Waals surface area contributed by atoms with Crippen LogP contribution in [0.25, 0.3) is 97.0 Å². The van der Waals surface area contributed by atoms with Crippen molar-refractivity contribution in [3.8, 4) is 33.4 Å². The van der Waals surface area contributed by atoms with E-state index in [2.05, 4.69) is 242 Å². The molecule has 12 rings (SSSR count). The zero-order valence-corrected chi connectivity index (χ0v) is 36.7. The number of benzene rings is 10. The second kappa shape index (κ2) is 16.3. The third kappa shape index (κ3) is 6.98. The van der Waals surface area contributed by atoms with E-state index in [0.29, 0.717) is 0 Å². The predicted octanol–water partition coefficient (Wildman–Crippen LogP) is 18.1. The van der Waals surface area contributed by atoms with Gasteiger partial charge in [-0.2, -0.15) is 0 Å². The summed E-state index contributed by atoms with van der Waals surface area (Å²) in [5, 5.41) is 9.70. The third-order valence-electron chi connectivity index (χ3n) is 12.9. The molecule has 0 atom stereocenters. The summed E-state index contributed by atoms with van der Waals surface area (Å²) in [6.45, 7) is 2.14. The van der Waals surface area contributed by atoms with Crippen molar-refractivity contribution >= 4 is 86.4 Å². The van der Waals surface area contributed by atoms with Crippen LogP contribution < -0.4 is 4.90 Å².